The molecule has 0 fully saturated rings. The van der Waals surface area contributed by atoms with Crippen LogP contribution >= 0.6 is 0 Å². The Morgan fingerprint density at radius 1 is 0.641 bits per heavy atom. The van der Waals surface area contributed by atoms with E-state index in [0.29, 0.717) is 0 Å². The minimum absolute atomic E-state index is 0.557. The molecule has 0 spiro atoms. The van der Waals surface area contributed by atoms with Crippen LogP contribution in [0.2, 0.25) is 0 Å². The van der Waals surface area contributed by atoms with E-state index >= 15 is 0 Å². The van der Waals surface area contributed by atoms with Crippen LogP contribution in [0.5, 0.6) is 0 Å². The van der Waals surface area contributed by atoms with Crippen molar-refractivity contribution >= 4 is 21.9 Å². The summed E-state index contributed by atoms with van der Waals surface area (Å²) in [5.74, 6) is 0. The molecule has 1 aliphatic rings. The normalized spacial score (nSPS) is 16.3. The van der Waals surface area contributed by atoms with Crippen LogP contribution in [0, 0.1) is 0 Å². The van der Waals surface area contributed by atoms with Gasteiger partial charge in [-0.3, -0.25) is 0 Å². The molecule has 1 heteroatoms. The summed E-state index contributed by atoms with van der Waals surface area (Å²) in [6.07, 6.45) is 9.48. The average molecular weight is 501 g/mol. The van der Waals surface area contributed by atoms with Crippen molar-refractivity contribution in [2.24, 2.45) is 0 Å². The molecule has 0 unspecified atom stereocenters. The lowest BCUT2D eigenvalue weighted by molar-refractivity contribution is 0.670. The van der Waals surface area contributed by atoms with Crippen molar-refractivity contribution in [3.8, 4) is 11.1 Å². The Labute approximate surface area is 229 Å². The maximum atomic E-state index is 6.45. The summed E-state index contributed by atoms with van der Waals surface area (Å²) in [5, 5.41) is 2.28. The van der Waals surface area contributed by atoms with Crippen LogP contribution in [0.3, 0.4) is 0 Å². The van der Waals surface area contributed by atoms with Gasteiger partial charge in [-0.2, -0.15) is 0 Å². The molecule has 0 saturated carbocycles. The Hall–Kier alpha value is -4.88. The first kappa shape index (κ1) is 23.3. The molecule has 0 atom stereocenters. The number of hydrogen-bond acceptors (Lipinski definition) is 1. The predicted octanol–water partition coefficient (Wildman–Crippen LogP) is 9.81. The number of fused-ring (bicyclic) bond motifs is 4. The Morgan fingerprint density at radius 3 is 2.10 bits per heavy atom. The molecule has 5 aromatic carbocycles. The number of benzene rings is 5. The van der Waals surface area contributed by atoms with Gasteiger partial charge in [0.25, 0.3) is 0 Å². The molecule has 0 N–H and O–H groups in total. The van der Waals surface area contributed by atoms with Gasteiger partial charge in [-0.05, 0) is 51.9 Å². The zero-order valence-electron chi connectivity index (χ0n) is 21.7. The lowest BCUT2D eigenvalue weighted by atomic mass is 9.63. The molecule has 0 bridgehead atoms. The summed E-state index contributed by atoms with van der Waals surface area (Å²) < 4.78 is 6.45. The highest BCUT2D eigenvalue weighted by atomic mass is 16.3. The Bertz CT molecular complexity index is 1840. The molecule has 1 aliphatic carbocycles. The van der Waals surface area contributed by atoms with E-state index < -0.39 is 5.41 Å². The second-order valence-electron chi connectivity index (χ2n) is 10.2. The summed E-state index contributed by atoms with van der Waals surface area (Å²) >= 11 is 0. The van der Waals surface area contributed by atoms with Crippen LogP contribution in [0.15, 0.2) is 162 Å². The maximum Gasteiger partial charge on any atom is 0.143 e. The van der Waals surface area contributed by atoms with E-state index in [9.17, 15) is 0 Å². The van der Waals surface area contributed by atoms with Gasteiger partial charge in [-0.1, -0.05) is 140 Å². The van der Waals surface area contributed by atoms with E-state index in [1.54, 1.807) is 0 Å². The molecule has 1 nitrogen and oxygen atoms in total. The first-order valence-corrected chi connectivity index (χ1v) is 13.4. The van der Waals surface area contributed by atoms with Crippen LogP contribution in [-0.2, 0) is 11.8 Å². The third-order valence-electron chi connectivity index (χ3n) is 8.01. The van der Waals surface area contributed by atoms with E-state index in [1.807, 2.05) is 12.1 Å². The molecule has 186 valence electrons. The highest BCUT2D eigenvalue weighted by molar-refractivity contribution is 6.09. The van der Waals surface area contributed by atoms with Crippen LogP contribution in [0.1, 0.15) is 22.3 Å². The van der Waals surface area contributed by atoms with Crippen molar-refractivity contribution in [1.82, 2.24) is 0 Å². The standard InChI is InChI=1S/C38H28O/c1-27-14-5-2-6-15-28-24-25-29(32-21-13-22-34-33-20-11-12-23-36(33)39-37(32)34)26-35(28)38(27,30-16-7-3-8-17-30)31-18-9-4-10-19-31/h2-14,16-26H,1,15H2/b6-2-,14-5-. The topological polar surface area (TPSA) is 13.1 Å². The second-order valence-corrected chi connectivity index (χ2v) is 10.2. The molecule has 0 aliphatic heterocycles. The van der Waals surface area contributed by atoms with E-state index in [-0.39, 0.29) is 0 Å². The number of hydrogen-bond donors (Lipinski definition) is 0. The maximum absolute atomic E-state index is 6.45. The SMILES string of the molecule is C=C1/C=C\C=C/Cc2ccc(-c3cccc4c3oc3ccccc34)cc2C1(c1ccccc1)c1ccccc1. The molecule has 0 saturated heterocycles. The van der Waals surface area contributed by atoms with Gasteiger partial charge in [0, 0.05) is 16.3 Å². The lowest BCUT2D eigenvalue weighted by Crippen LogP contribution is -2.32. The van der Waals surface area contributed by atoms with Crippen molar-refractivity contribution in [2.75, 3.05) is 0 Å². The van der Waals surface area contributed by atoms with Gasteiger partial charge < -0.3 is 4.42 Å². The van der Waals surface area contributed by atoms with Gasteiger partial charge in [0.2, 0.25) is 0 Å². The van der Waals surface area contributed by atoms with Gasteiger partial charge in [0.15, 0.2) is 0 Å². The van der Waals surface area contributed by atoms with Crippen molar-refractivity contribution < 1.29 is 4.42 Å². The van der Waals surface area contributed by atoms with Gasteiger partial charge >= 0.3 is 0 Å². The van der Waals surface area contributed by atoms with Crippen LogP contribution in [-0.4, -0.2) is 0 Å². The first-order valence-electron chi connectivity index (χ1n) is 13.4. The largest absolute Gasteiger partial charge is 0.455 e. The van der Waals surface area contributed by atoms with E-state index in [0.717, 1.165) is 45.1 Å². The van der Waals surface area contributed by atoms with E-state index in [1.165, 1.54) is 22.3 Å². The second kappa shape index (κ2) is 9.45. The minimum Gasteiger partial charge on any atom is -0.455 e. The van der Waals surface area contributed by atoms with E-state index in [4.69, 9.17) is 11.0 Å². The van der Waals surface area contributed by atoms with Gasteiger partial charge in [-0.15, -0.1) is 0 Å². The zero-order valence-corrected chi connectivity index (χ0v) is 21.7. The van der Waals surface area contributed by atoms with Crippen LogP contribution < -0.4 is 0 Å². The van der Waals surface area contributed by atoms with Crippen LogP contribution in [0.25, 0.3) is 33.1 Å². The number of rotatable bonds is 3. The fourth-order valence-electron chi connectivity index (χ4n) is 6.21. The van der Waals surface area contributed by atoms with Crippen molar-refractivity contribution in [2.45, 2.75) is 11.8 Å². The molecular weight excluding hydrogens is 472 g/mol. The minimum atomic E-state index is -0.557. The quantitative estimate of drug-likeness (QED) is 0.236. The highest BCUT2D eigenvalue weighted by Crippen LogP contribution is 2.48. The Balaban J connectivity index is 1.57. The Morgan fingerprint density at radius 2 is 1.33 bits per heavy atom. The zero-order chi connectivity index (χ0) is 26.2. The average Bonchev–Trinajstić information content (AvgIpc) is 3.40. The number of para-hydroxylation sites is 2. The molecule has 0 radical (unpaired) electrons. The summed E-state index contributed by atoms with van der Waals surface area (Å²) in [7, 11) is 0. The number of furan rings is 1. The molecule has 0 amide bonds. The fraction of sp³-hybridized carbons (Fsp3) is 0.0526. The van der Waals surface area contributed by atoms with Crippen molar-refractivity contribution in [3.05, 3.63) is 180 Å². The van der Waals surface area contributed by atoms with Crippen LogP contribution in [0.4, 0.5) is 0 Å². The highest BCUT2D eigenvalue weighted by Gasteiger charge is 2.40. The Kier molecular flexibility index (Phi) is 5.64. The molecule has 6 aromatic rings. The van der Waals surface area contributed by atoms with Gasteiger partial charge in [0.05, 0.1) is 5.41 Å². The number of allylic oxidation sites excluding steroid dienone is 5. The molecular formula is C38H28O. The van der Waals surface area contributed by atoms with Gasteiger partial charge in [0.1, 0.15) is 11.2 Å². The summed E-state index contributed by atoms with van der Waals surface area (Å²) in [5.41, 5.74) is 9.47. The third kappa shape index (κ3) is 3.70. The van der Waals surface area contributed by atoms with Gasteiger partial charge in [-0.25, -0.2) is 0 Å². The summed E-state index contributed by atoms with van der Waals surface area (Å²) in [4.78, 5) is 0. The van der Waals surface area contributed by atoms with Crippen molar-refractivity contribution in [3.63, 3.8) is 0 Å². The lowest BCUT2D eigenvalue weighted by Gasteiger charge is -2.38. The monoisotopic (exact) mass is 500 g/mol. The smallest absolute Gasteiger partial charge is 0.143 e. The third-order valence-corrected chi connectivity index (χ3v) is 8.01. The molecule has 39 heavy (non-hydrogen) atoms. The molecule has 1 aromatic heterocycles. The summed E-state index contributed by atoms with van der Waals surface area (Å²) in [6, 6.07) is 43.2. The van der Waals surface area contributed by atoms with Crippen molar-refractivity contribution in [1.29, 1.82) is 0 Å². The molecule has 1 heterocycles. The summed E-state index contributed by atoms with van der Waals surface area (Å²) in [6.45, 7) is 4.70. The van der Waals surface area contributed by atoms with E-state index in [2.05, 4.69) is 133 Å². The first-order chi connectivity index (χ1) is 19.3. The predicted molar refractivity (Wildman–Crippen MR) is 163 cm³/mol. The molecule has 7 rings (SSSR count). The fourth-order valence-corrected chi connectivity index (χ4v) is 6.21.